The lowest BCUT2D eigenvalue weighted by atomic mass is 10.3. The Kier molecular flexibility index (Phi) is 3.78. The molecule has 0 bridgehead atoms. The minimum Gasteiger partial charge on any atom is -0.484 e. The van der Waals surface area contributed by atoms with Crippen molar-refractivity contribution in [1.82, 2.24) is 0 Å². The van der Waals surface area contributed by atoms with Crippen LogP contribution in [-0.2, 0) is 4.79 Å². The fraction of sp³-hybridized carbons (Fsp3) is 0.133. The molecule has 1 N–H and O–H groups in total. The van der Waals surface area contributed by atoms with E-state index in [1.165, 1.54) is 6.07 Å². The fourth-order valence-electron chi connectivity index (χ4n) is 1.89. The highest BCUT2D eigenvalue weighted by Gasteiger charge is 2.14. The number of hydrogen-bond donors (Lipinski definition) is 1. The first-order valence-electron chi connectivity index (χ1n) is 6.39. The van der Waals surface area contributed by atoms with Gasteiger partial charge in [0.15, 0.2) is 29.7 Å². The number of hydrogen-bond acceptors (Lipinski definition) is 4. The van der Waals surface area contributed by atoms with E-state index in [1.54, 1.807) is 18.2 Å². The van der Waals surface area contributed by atoms with Crippen LogP contribution in [0.1, 0.15) is 0 Å². The third kappa shape index (κ3) is 3.08. The summed E-state index contributed by atoms with van der Waals surface area (Å²) in [5.41, 5.74) is 0.151. The predicted octanol–water partition coefficient (Wildman–Crippen LogP) is 2.71. The van der Waals surface area contributed by atoms with E-state index in [4.69, 9.17) is 14.2 Å². The van der Waals surface area contributed by atoms with Gasteiger partial charge in [0.1, 0.15) is 5.75 Å². The highest BCUT2D eigenvalue weighted by Crippen LogP contribution is 2.35. The Labute approximate surface area is 124 Å². The van der Waals surface area contributed by atoms with Gasteiger partial charge in [-0.25, -0.2) is 8.78 Å². The Balaban J connectivity index is 1.57. The number of nitrogens with one attached hydrogen (secondary N) is 1. The first kappa shape index (κ1) is 14.1. The topological polar surface area (TPSA) is 56.8 Å². The molecule has 1 heterocycles. The Morgan fingerprint density at radius 3 is 2.73 bits per heavy atom. The molecule has 5 nitrogen and oxygen atoms in total. The van der Waals surface area contributed by atoms with E-state index in [9.17, 15) is 13.6 Å². The fourth-order valence-corrected chi connectivity index (χ4v) is 1.89. The van der Waals surface area contributed by atoms with Gasteiger partial charge in [0.25, 0.3) is 5.91 Å². The van der Waals surface area contributed by atoms with Gasteiger partial charge < -0.3 is 19.5 Å². The van der Waals surface area contributed by atoms with Gasteiger partial charge in [0, 0.05) is 17.8 Å². The Hall–Kier alpha value is -2.83. The second kappa shape index (κ2) is 5.88. The van der Waals surface area contributed by atoms with Crippen LogP contribution < -0.4 is 19.5 Å². The molecule has 7 heteroatoms. The third-order valence-corrected chi connectivity index (χ3v) is 2.92. The minimum atomic E-state index is -1.03. The van der Waals surface area contributed by atoms with Crippen LogP contribution >= 0.6 is 0 Å². The molecule has 0 fully saturated rings. The average molecular weight is 307 g/mol. The molecule has 114 valence electrons. The van der Waals surface area contributed by atoms with Crippen molar-refractivity contribution in [2.75, 3.05) is 18.7 Å². The molecule has 2 aromatic rings. The van der Waals surface area contributed by atoms with Crippen molar-refractivity contribution in [2.45, 2.75) is 0 Å². The van der Waals surface area contributed by atoms with Gasteiger partial charge in [0.2, 0.25) is 6.79 Å². The molecule has 0 unspecified atom stereocenters. The lowest BCUT2D eigenvalue weighted by Gasteiger charge is -2.08. The number of fused-ring (bicyclic) bond motifs is 1. The number of amides is 1. The van der Waals surface area contributed by atoms with Gasteiger partial charge in [-0.3, -0.25) is 4.79 Å². The SMILES string of the molecule is O=C(COc1ccc2c(c1)OCO2)Nc1ccc(F)c(F)c1. The molecule has 3 rings (SSSR count). The van der Waals surface area contributed by atoms with Crippen molar-refractivity contribution >= 4 is 11.6 Å². The van der Waals surface area contributed by atoms with Crippen LogP contribution in [0.25, 0.3) is 0 Å². The largest absolute Gasteiger partial charge is 0.484 e. The molecule has 1 aliphatic rings. The molecule has 2 aromatic carbocycles. The zero-order valence-corrected chi connectivity index (χ0v) is 11.3. The summed E-state index contributed by atoms with van der Waals surface area (Å²) in [4.78, 5) is 11.7. The standard InChI is InChI=1S/C15H11F2NO4/c16-11-3-1-9(5-12(11)17)18-15(19)7-20-10-2-4-13-14(6-10)22-8-21-13/h1-6H,7-8H2,(H,18,19). The number of halogens is 2. The zero-order valence-electron chi connectivity index (χ0n) is 11.3. The molecule has 22 heavy (non-hydrogen) atoms. The van der Waals surface area contributed by atoms with Crippen LogP contribution in [0.4, 0.5) is 14.5 Å². The van der Waals surface area contributed by atoms with Crippen molar-refractivity contribution in [3.05, 3.63) is 48.0 Å². The van der Waals surface area contributed by atoms with Crippen LogP contribution in [0.5, 0.6) is 17.2 Å². The molecular formula is C15H11F2NO4. The lowest BCUT2D eigenvalue weighted by molar-refractivity contribution is -0.118. The van der Waals surface area contributed by atoms with Crippen molar-refractivity contribution in [3.63, 3.8) is 0 Å². The van der Waals surface area contributed by atoms with Crippen molar-refractivity contribution in [1.29, 1.82) is 0 Å². The lowest BCUT2D eigenvalue weighted by Crippen LogP contribution is -2.20. The molecule has 0 saturated carbocycles. The van der Waals surface area contributed by atoms with Gasteiger partial charge in [-0.15, -0.1) is 0 Å². The Morgan fingerprint density at radius 1 is 1.09 bits per heavy atom. The summed E-state index contributed by atoms with van der Waals surface area (Å²) in [5, 5.41) is 2.41. The highest BCUT2D eigenvalue weighted by atomic mass is 19.2. The van der Waals surface area contributed by atoms with Crippen molar-refractivity contribution in [3.8, 4) is 17.2 Å². The molecule has 1 aliphatic heterocycles. The number of ether oxygens (including phenoxy) is 3. The smallest absolute Gasteiger partial charge is 0.262 e. The molecule has 1 amide bonds. The molecule has 0 radical (unpaired) electrons. The van der Waals surface area contributed by atoms with Crippen LogP contribution in [0, 0.1) is 11.6 Å². The van der Waals surface area contributed by atoms with Gasteiger partial charge in [-0.1, -0.05) is 0 Å². The van der Waals surface area contributed by atoms with E-state index in [0.717, 1.165) is 12.1 Å². The number of carbonyl (C=O) groups is 1. The maximum absolute atomic E-state index is 13.0. The summed E-state index contributed by atoms with van der Waals surface area (Å²) in [5.74, 6) is -0.922. The summed E-state index contributed by atoms with van der Waals surface area (Å²) < 4.78 is 41.4. The van der Waals surface area contributed by atoms with E-state index >= 15 is 0 Å². The number of rotatable bonds is 4. The van der Waals surface area contributed by atoms with E-state index in [-0.39, 0.29) is 19.1 Å². The van der Waals surface area contributed by atoms with Crippen LogP contribution in [0.3, 0.4) is 0 Å². The first-order chi connectivity index (χ1) is 10.6. The summed E-state index contributed by atoms with van der Waals surface area (Å²) in [7, 11) is 0. The number of benzene rings is 2. The van der Waals surface area contributed by atoms with Gasteiger partial charge in [-0.05, 0) is 24.3 Å². The van der Waals surface area contributed by atoms with Gasteiger partial charge in [0.05, 0.1) is 0 Å². The number of anilines is 1. The van der Waals surface area contributed by atoms with E-state index in [1.807, 2.05) is 0 Å². The summed E-state index contributed by atoms with van der Waals surface area (Å²) in [6.07, 6.45) is 0. The van der Waals surface area contributed by atoms with Crippen molar-refractivity contribution in [2.24, 2.45) is 0 Å². The van der Waals surface area contributed by atoms with E-state index < -0.39 is 17.5 Å². The zero-order chi connectivity index (χ0) is 15.5. The van der Waals surface area contributed by atoms with E-state index in [0.29, 0.717) is 17.2 Å². The van der Waals surface area contributed by atoms with E-state index in [2.05, 4.69) is 5.32 Å². The molecule has 0 aromatic heterocycles. The maximum Gasteiger partial charge on any atom is 0.262 e. The van der Waals surface area contributed by atoms with Crippen LogP contribution in [0.2, 0.25) is 0 Å². The van der Waals surface area contributed by atoms with Crippen LogP contribution in [-0.4, -0.2) is 19.3 Å². The summed E-state index contributed by atoms with van der Waals surface area (Å²) >= 11 is 0. The summed E-state index contributed by atoms with van der Waals surface area (Å²) in [6.45, 7) is -0.131. The normalized spacial score (nSPS) is 12.1. The predicted molar refractivity (Wildman–Crippen MR) is 73.0 cm³/mol. The highest BCUT2D eigenvalue weighted by molar-refractivity contribution is 5.91. The second-order valence-electron chi connectivity index (χ2n) is 4.48. The third-order valence-electron chi connectivity index (χ3n) is 2.92. The first-order valence-corrected chi connectivity index (χ1v) is 6.39. The monoisotopic (exact) mass is 307 g/mol. The minimum absolute atomic E-state index is 0.148. The van der Waals surface area contributed by atoms with Gasteiger partial charge >= 0.3 is 0 Å². The Morgan fingerprint density at radius 2 is 1.91 bits per heavy atom. The molecule has 0 spiro atoms. The summed E-state index contributed by atoms with van der Waals surface area (Å²) in [6, 6.07) is 8.00. The van der Waals surface area contributed by atoms with Gasteiger partial charge in [-0.2, -0.15) is 0 Å². The van der Waals surface area contributed by atoms with Crippen molar-refractivity contribution < 1.29 is 27.8 Å². The molecule has 0 aliphatic carbocycles. The molecular weight excluding hydrogens is 296 g/mol. The quantitative estimate of drug-likeness (QED) is 0.943. The Bertz CT molecular complexity index is 721. The molecule has 0 saturated heterocycles. The maximum atomic E-state index is 13.0. The van der Waals surface area contributed by atoms with Crippen LogP contribution in [0.15, 0.2) is 36.4 Å². The number of carbonyl (C=O) groups excluding carboxylic acids is 1. The molecule has 0 atom stereocenters. The average Bonchev–Trinajstić information content (AvgIpc) is 2.96. The second-order valence-corrected chi connectivity index (χ2v) is 4.48.